The molecule has 6 heteroatoms. The molecule has 1 amide bonds. The average molecular weight is 241 g/mol. The number of carbonyl (C=O) groups is 1. The van der Waals surface area contributed by atoms with Gasteiger partial charge in [0.1, 0.15) is 11.4 Å². The molecular formula is C11H16FN3O2. The average Bonchev–Trinajstić information content (AvgIpc) is 2.18. The number of aromatic nitrogens is 1. The van der Waals surface area contributed by atoms with Crippen LogP contribution in [0, 0.1) is 5.82 Å². The fourth-order valence-corrected chi connectivity index (χ4v) is 1.10. The van der Waals surface area contributed by atoms with Gasteiger partial charge in [-0.25, -0.2) is 14.2 Å². The summed E-state index contributed by atoms with van der Waals surface area (Å²) in [7, 11) is 1.37. The van der Waals surface area contributed by atoms with Gasteiger partial charge in [0.25, 0.3) is 0 Å². The molecule has 0 radical (unpaired) electrons. The van der Waals surface area contributed by atoms with Crippen LogP contribution in [0.15, 0.2) is 12.1 Å². The zero-order valence-electron chi connectivity index (χ0n) is 10.3. The lowest BCUT2D eigenvalue weighted by atomic mass is 10.2. The zero-order valence-corrected chi connectivity index (χ0v) is 10.3. The van der Waals surface area contributed by atoms with E-state index in [1.807, 2.05) is 0 Å². The van der Waals surface area contributed by atoms with Gasteiger partial charge in [-0.05, 0) is 32.9 Å². The molecular weight excluding hydrogens is 225 g/mol. The molecule has 0 spiro atoms. The summed E-state index contributed by atoms with van der Waals surface area (Å²) in [5, 5.41) is 0. The van der Waals surface area contributed by atoms with Crippen LogP contribution in [0.2, 0.25) is 0 Å². The first kappa shape index (κ1) is 13.2. The number of carbonyl (C=O) groups excluding carboxylic acids is 1. The molecule has 94 valence electrons. The number of pyridine rings is 1. The molecule has 0 aliphatic carbocycles. The highest BCUT2D eigenvalue weighted by Crippen LogP contribution is 2.19. The second-order valence-electron chi connectivity index (χ2n) is 4.58. The van der Waals surface area contributed by atoms with Crippen LogP contribution in [0.1, 0.15) is 20.8 Å². The lowest BCUT2D eigenvalue weighted by Crippen LogP contribution is -2.35. The second-order valence-corrected chi connectivity index (χ2v) is 4.58. The Morgan fingerprint density at radius 1 is 1.47 bits per heavy atom. The van der Waals surface area contributed by atoms with E-state index in [-0.39, 0.29) is 11.6 Å². The van der Waals surface area contributed by atoms with E-state index in [1.54, 1.807) is 20.8 Å². The lowest BCUT2D eigenvalue weighted by Gasteiger charge is -2.24. The minimum atomic E-state index is -0.686. The molecule has 17 heavy (non-hydrogen) atoms. The Morgan fingerprint density at radius 3 is 2.59 bits per heavy atom. The number of nitrogens with zero attached hydrogens (tertiary/aromatic N) is 2. The Bertz CT molecular complexity index is 429. The van der Waals surface area contributed by atoms with E-state index in [0.29, 0.717) is 0 Å². The van der Waals surface area contributed by atoms with Crippen molar-refractivity contribution in [2.45, 2.75) is 26.4 Å². The first-order valence-corrected chi connectivity index (χ1v) is 5.09. The number of hydrogen-bond donors (Lipinski definition) is 1. The summed E-state index contributed by atoms with van der Waals surface area (Å²) in [5.41, 5.74) is 4.79. The van der Waals surface area contributed by atoms with Crippen molar-refractivity contribution in [3.8, 4) is 0 Å². The third-order valence-electron chi connectivity index (χ3n) is 1.83. The zero-order chi connectivity index (χ0) is 13.2. The molecule has 0 unspecified atom stereocenters. The van der Waals surface area contributed by atoms with Crippen molar-refractivity contribution >= 4 is 17.7 Å². The molecule has 1 aromatic heterocycles. The fraction of sp³-hybridized carbons (Fsp3) is 0.455. The monoisotopic (exact) mass is 241 g/mol. The van der Waals surface area contributed by atoms with E-state index in [1.165, 1.54) is 13.1 Å². The van der Waals surface area contributed by atoms with Crippen molar-refractivity contribution in [3.05, 3.63) is 17.9 Å². The number of ether oxygens (including phenoxy) is 1. The van der Waals surface area contributed by atoms with E-state index in [0.717, 1.165) is 11.0 Å². The summed E-state index contributed by atoms with van der Waals surface area (Å²) >= 11 is 0. The van der Waals surface area contributed by atoms with Gasteiger partial charge in [-0.2, -0.15) is 0 Å². The summed E-state index contributed by atoms with van der Waals surface area (Å²) in [6, 6.07) is 2.47. The molecule has 0 fully saturated rings. The SMILES string of the molecule is CN(C(=O)OC(C)(C)C)c1nc(N)ccc1F. The number of hydrogen-bond acceptors (Lipinski definition) is 4. The molecule has 1 heterocycles. The maximum Gasteiger partial charge on any atom is 0.415 e. The first-order valence-electron chi connectivity index (χ1n) is 5.09. The van der Waals surface area contributed by atoms with Gasteiger partial charge in [-0.1, -0.05) is 0 Å². The van der Waals surface area contributed by atoms with Crippen LogP contribution in [-0.2, 0) is 4.74 Å². The number of nitrogens with two attached hydrogens (primary N) is 1. The molecule has 0 saturated heterocycles. The number of nitrogen functional groups attached to an aromatic ring is 1. The summed E-state index contributed by atoms with van der Waals surface area (Å²) in [5.74, 6) is -0.649. The summed E-state index contributed by atoms with van der Waals surface area (Å²) < 4.78 is 18.5. The minimum Gasteiger partial charge on any atom is -0.443 e. The summed E-state index contributed by atoms with van der Waals surface area (Å²) in [4.78, 5) is 16.4. The van der Waals surface area contributed by atoms with Gasteiger partial charge >= 0.3 is 6.09 Å². The second kappa shape index (κ2) is 4.57. The van der Waals surface area contributed by atoms with Crippen LogP contribution < -0.4 is 10.6 Å². The molecule has 2 N–H and O–H groups in total. The van der Waals surface area contributed by atoms with Crippen molar-refractivity contribution in [1.82, 2.24) is 4.98 Å². The van der Waals surface area contributed by atoms with E-state index in [9.17, 15) is 9.18 Å². The van der Waals surface area contributed by atoms with Crippen molar-refractivity contribution in [3.63, 3.8) is 0 Å². The largest absolute Gasteiger partial charge is 0.443 e. The molecule has 0 aliphatic rings. The highest BCUT2D eigenvalue weighted by Gasteiger charge is 2.23. The van der Waals surface area contributed by atoms with Crippen LogP contribution in [0.25, 0.3) is 0 Å². The standard InChI is InChI=1S/C11H16FN3O2/c1-11(2,3)17-10(16)15(4)9-7(12)5-6-8(13)14-9/h5-6H,1-4H3,(H2,13,14). The van der Waals surface area contributed by atoms with E-state index < -0.39 is 17.5 Å². The Morgan fingerprint density at radius 2 is 2.06 bits per heavy atom. The lowest BCUT2D eigenvalue weighted by molar-refractivity contribution is 0.0587. The smallest absolute Gasteiger partial charge is 0.415 e. The predicted molar refractivity (Wildman–Crippen MR) is 63.2 cm³/mol. The van der Waals surface area contributed by atoms with Gasteiger partial charge in [0.05, 0.1) is 0 Å². The molecule has 1 aromatic rings. The maximum atomic E-state index is 13.4. The van der Waals surface area contributed by atoms with Crippen molar-refractivity contribution in [1.29, 1.82) is 0 Å². The van der Waals surface area contributed by atoms with Crippen LogP contribution in [0.4, 0.5) is 20.8 Å². The molecule has 0 bridgehead atoms. The summed E-state index contributed by atoms with van der Waals surface area (Å²) in [6.07, 6.45) is -0.686. The number of rotatable bonds is 1. The first-order chi connectivity index (χ1) is 7.70. The molecule has 0 aromatic carbocycles. The van der Waals surface area contributed by atoms with Gasteiger partial charge in [-0.3, -0.25) is 4.90 Å². The Labute approximate surface area is 99.4 Å². The third kappa shape index (κ3) is 3.58. The molecule has 0 saturated carbocycles. The quantitative estimate of drug-likeness (QED) is 0.818. The third-order valence-corrected chi connectivity index (χ3v) is 1.83. The molecule has 5 nitrogen and oxygen atoms in total. The number of halogens is 1. The van der Waals surface area contributed by atoms with Gasteiger partial charge in [0.15, 0.2) is 11.6 Å². The van der Waals surface area contributed by atoms with Crippen molar-refractivity contribution < 1.29 is 13.9 Å². The highest BCUT2D eigenvalue weighted by atomic mass is 19.1. The maximum absolute atomic E-state index is 13.4. The minimum absolute atomic E-state index is 0.136. The van der Waals surface area contributed by atoms with Crippen molar-refractivity contribution in [2.24, 2.45) is 0 Å². The van der Waals surface area contributed by atoms with Gasteiger partial charge in [0.2, 0.25) is 0 Å². The van der Waals surface area contributed by atoms with Gasteiger partial charge in [0, 0.05) is 7.05 Å². The van der Waals surface area contributed by atoms with Crippen molar-refractivity contribution in [2.75, 3.05) is 17.7 Å². The van der Waals surface area contributed by atoms with E-state index in [2.05, 4.69) is 4.98 Å². The van der Waals surface area contributed by atoms with Crippen LogP contribution in [0.3, 0.4) is 0 Å². The van der Waals surface area contributed by atoms with Crippen LogP contribution in [0.5, 0.6) is 0 Å². The fourth-order valence-electron chi connectivity index (χ4n) is 1.10. The summed E-state index contributed by atoms with van der Waals surface area (Å²) in [6.45, 7) is 5.17. The molecule has 1 rings (SSSR count). The predicted octanol–water partition coefficient (Wildman–Crippen LogP) is 2.17. The Kier molecular flexibility index (Phi) is 3.55. The topological polar surface area (TPSA) is 68.5 Å². The van der Waals surface area contributed by atoms with Crippen LogP contribution in [-0.4, -0.2) is 23.7 Å². The number of anilines is 2. The van der Waals surface area contributed by atoms with Gasteiger partial charge < -0.3 is 10.5 Å². The number of amides is 1. The molecule has 0 aliphatic heterocycles. The Balaban J connectivity index is 2.92. The normalized spacial score (nSPS) is 11.1. The van der Waals surface area contributed by atoms with E-state index >= 15 is 0 Å². The van der Waals surface area contributed by atoms with E-state index in [4.69, 9.17) is 10.5 Å². The van der Waals surface area contributed by atoms with Gasteiger partial charge in [-0.15, -0.1) is 0 Å². The van der Waals surface area contributed by atoms with Crippen LogP contribution >= 0.6 is 0 Å². The highest BCUT2D eigenvalue weighted by molar-refractivity contribution is 5.86. The Hall–Kier alpha value is -1.85. The molecule has 0 atom stereocenters.